The molecule has 1 fully saturated rings. The van der Waals surface area contributed by atoms with E-state index in [0.29, 0.717) is 24.3 Å². The molecule has 0 aromatic carbocycles. The lowest BCUT2D eigenvalue weighted by Gasteiger charge is -2.27. The van der Waals surface area contributed by atoms with Gasteiger partial charge in [0.1, 0.15) is 0 Å². The Labute approximate surface area is 107 Å². The van der Waals surface area contributed by atoms with E-state index in [1.165, 1.54) is 0 Å². The number of nitrogens with one attached hydrogen (secondary N) is 2. The van der Waals surface area contributed by atoms with Crippen molar-refractivity contribution in [2.45, 2.75) is 25.9 Å². The fourth-order valence-electron chi connectivity index (χ4n) is 2.13. The molecule has 0 unspecified atom stereocenters. The third-order valence-corrected chi connectivity index (χ3v) is 3.06. The van der Waals surface area contributed by atoms with Crippen molar-refractivity contribution < 1.29 is 9.53 Å². The van der Waals surface area contributed by atoms with Crippen LogP contribution < -0.4 is 10.6 Å². The minimum atomic E-state index is -0.179. The molecule has 1 aliphatic heterocycles. The van der Waals surface area contributed by atoms with Crippen molar-refractivity contribution in [2.75, 3.05) is 18.5 Å². The highest BCUT2D eigenvalue weighted by molar-refractivity contribution is 5.88. The summed E-state index contributed by atoms with van der Waals surface area (Å²) in [5, 5.41) is 5.64. The average molecular weight is 249 g/mol. The molecule has 2 amide bonds. The van der Waals surface area contributed by atoms with Crippen molar-refractivity contribution >= 4 is 11.7 Å². The Morgan fingerprint density at radius 3 is 3.22 bits per heavy atom. The number of pyridine rings is 1. The number of hydrogen-bond donors (Lipinski definition) is 2. The molecule has 0 saturated carbocycles. The van der Waals surface area contributed by atoms with E-state index in [0.717, 1.165) is 19.4 Å². The standard InChI is InChI=1S/C13H19N3O2/c1-10-7-11(4-6-18-10)8-15-13(17)16-12-3-2-5-14-9-12/h2-3,5,9-11H,4,6-8H2,1H3,(H2,15,16,17)/t10-,11-/m1/s1. The Morgan fingerprint density at radius 2 is 2.50 bits per heavy atom. The van der Waals surface area contributed by atoms with E-state index < -0.39 is 0 Å². The second-order valence-electron chi connectivity index (χ2n) is 4.65. The van der Waals surface area contributed by atoms with Crippen LogP contribution in [0.15, 0.2) is 24.5 Å². The van der Waals surface area contributed by atoms with Crippen LogP contribution in [0.1, 0.15) is 19.8 Å². The minimum Gasteiger partial charge on any atom is -0.378 e. The highest BCUT2D eigenvalue weighted by Gasteiger charge is 2.19. The van der Waals surface area contributed by atoms with E-state index in [4.69, 9.17) is 4.74 Å². The molecule has 2 heterocycles. The van der Waals surface area contributed by atoms with Crippen molar-refractivity contribution in [2.24, 2.45) is 5.92 Å². The zero-order valence-electron chi connectivity index (χ0n) is 10.6. The van der Waals surface area contributed by atoms with Gasteiger partial charge in [-0.1, -0.05) is 0 Å². The normalized spacial score (nSPS) is 23.4. The quantitative estimate of drug-likeness (QED) is 0.861. The maximum atomic E-state index is 11.7. The van der Waals surface area contributed by atoms with Gasteiger partial charge < -0.3 is 15.4 Å². The lowest BCUT2D eigenvalue weighted by Crippen LogP contribution is -2.36. The largest absolute Gasteiger partial charge is 0.378 e. The number of nitrogens with zero attached hydrogens (tertiary/aromatic N) is 1. The Balaban J connectivity index is 1.71. The monoisotopic (exact) mass is 249 g/mol. The van der Waals surface area contributed by atoms with E-state index >= 15 is 0 Å². The molecule has 0 radical (unpaired) electrons. The summed E-state index contributed by atoms with van der Waals surface area (Å²) in [6, 6.07) is 3.42. The summed E-state index contributed by atoms with van der Waals surface area (Å²) in [6.07, 6.45) is 5.61. The van der Waals surface area contributed by atoms with Gasteiger partial charge >= 0.3 is 6.03 Å². The van der Waals surface area contributed by atoms with E-state index in [2.05, 4.69) is 22.5 Å². The Morgan fingerprint density at radius 1 is 1.61 bits per heavy atom. The molecular weight excluding hydrogens is 230 g/mol. The zero-order chi connectivity index (χ0) is 12.8. The van der Waals surface area contributed by atoms with Gasteiger partial charge in [-0.3, -0.25) is 4.98 Å². The highest BCUT2D eigenvalue weighted by atomic mass is 16.5. The smallest absolute Gasteiger partial charge is 0.319 e. The number of rotatable bonds is 3. The maximum absolute atomic E-state index is 11.7. The molecule has 98 valence electrons. The Kier molecular flexibility index (Phi) is 4.52. The molecule has 5 nitrogen and oxygen atoms in total. The van der Waals surface area contributed by atoms with E-state index in [1.54, 1.807) is 18.5 Å². The van der Waals surface area contributed by atoms with Crippen LogP contribution >= 0.6 is 0 Å². The molecular formula is C13H19N3O2. The first kappa shape index (κ1) is 12.8. The van der Waals surface area contributed by atoms with Crippen LogP contribution in [-0.4, -0.2) is 30.3 Å². The number of urea groups is 1. The van der Waals surface area contributed by atoms with Crippen LogP contribution in [-0.2, 0) is 4.74 Å². The molecule has 1 aliphatic rings. The third-order valence-electron chi connectivity index (χ3n) is 3.06. The van der Waals surface area contributed by atoms with Crippen molar-refractivity contribution in [1.82, 2.24) is 10.3 Å². The molecule has 2 rings (SSSR count). The molecule has 5 heteroatoms. The zero-order valence-corrected chi connectivity index (χ0v) is 10.6. The summed E-state index contributed by atoms with van der Waals surface area (Å²) in [4.78, 5) is 15.6. The summed E-state index contributed by atoms with van der Waals surface area (Å²) < 4.78 is 5.47. The van der Waals surface area contributed by atoms with Gasteiger partial charge in [0.25, 0.3) is 0 Å². The molecule has 1 aromatic rings. The summed E-state index contributed by atoms with van der Waals surface area (Å²) in [6.45, 7) is 3.55. The molecule has 0 spiro atoms. The number of anilines is 1. The fraction of sp³-hybridized carbons (Fsp3) is 0.538. The van der Waals surface area contributed by atoms with Crippen molar-refractivity contribution in [3.63, 3.8) is 0 Å². The van der Waals surface area contributed by atoms with Crippen molar-refractivity contribution in [3.8, 4) is 0 Å². The third kappa shape index (κ3) is 4.00. The van der Waals surface area contributed by atoms with E-state index in [9.17, 15) is 4.79 Å². The van der Waals surface area contributed by atoms with Crippen LogP contribution in [0.4, 0.5) is 10.5 Å². The second-order valence-corrected chi connectivity index (χ2v) is 4.65. The van der Waals surface area contributed by atoms with Crippen LogP contribution in [0, 0.1) is 5.92 Å². The molecule has 2 atom stereocenters. The van der Waals surface area contributed by atoms with Gasteiger partial charge in [0.2, 0.25) is 0 Å². The van der Waals surface area contributed by atoms with Gasteiger partial charge in [-0.2, -0.15) is 0 Å². The topological polar surface area (TPSA) is 63.2 Å². The van der Waals surface area contributed by atoms with Crippen LogP contribution in [0.25, 0.3) is 0 Å². The average Bonchev–Trinajstić information content (AvgIpc) is 2.38. The van der Waals surface area contributed by atoms with Gasteiger partial charge in [0, 0.05) is 19.3 Å². The maximum Gasteiger partial charge on any atom is 0.319 e. The predicted octanol–water partition coefficient (Wildman–Crippen LogP) is 2.02. The second kappa shape index (κ2) is 6.35. The number of ether oxygens (including phenoxy) is 1. The number of amides is 2. The summed E-state index contributed by atoms with van der Waals surface area (Å²) >= 11 is 0. The number of aromatic nitrogens is 1. The van der Waals surface area contributed by atoms with Crippen LogP contribution in [0.3, 0.4) is 0 Å². The summed E-state index contributed by atoms with van der Waals surface area (Å²) in [5.74, 6) is 0.508. The first-order valence-electron chi connectivity index (χ1n) is 6.30. The van der Waals surface area contributed by atoms with E-state index in [-0.39, 0.29) is 6.03 Å². The summed E-state index contributed by atoms with van der Waals surface area (Å²) in [5.41, 5.74) is 0.704. The van der Waals surface area contributed by atoms with Crippen molar-refractivity contribution in [3.05, 3.63) is 24.5 Å². The summed E-state index contributed by atoms with van der Waals surface area (Å²) in [7, 11) is 0. The minimum absolute atomic E-state index is 0.179. The molecule has 0 bridgehead atoms. The lowest BCUT2D eigenvalue weighted by atomic mass is 9.96. The first-order chi connectivity index (χ1) is 8.74. The SMILES string of the molecule is C[C@@H]1C[C@H](CNC(=O)Nc2cccnc2)CCO1. The number of carbonyl (C=O) groups excluding carboxylic acids is 1. The van der Waals surface area contributed by atoms with Gasteiger partial charge in [0.15, 0.2) is 0 Å². The van der Waals surface area contributed by atoms with Gasteiger partial charge in [-0.05, 0) is 37.8 Å². The van der Waals surface area contributed by atoms with Gasteiger partial charge in [-0.15, -0.1) is 0 Å². The Hall–Kier alpha value is -1.62. The molecule has 0 aliphatic carbocycles. The predicted molar refractivity (Wildman–Crippen MR) is 69.4 cm³/mol. The molecule has 2 N–H and O–H groups in total. The van der Waals surface area contributed by atoms with Gasteiger partial charge in [0.05, 0.1) is 18.0 Å². The van der Waals surface area contributed by atoms with Gasteiger partial charge in [-0.25, -0.2) is 4.79 Å². The fourth-order valence-corrected chi connectivity index (χ4v) is 2.13. The number of hydrogen-bond acceptors (Lipinski definition) is 3. The number of carbonyl (C=O) groups is 1. The molecule has 1 saturated heterocycles. The lowest BCUT2D eigenvalue weighted by molar-refractivity contribution is 0.00354. The Bertz CT molecular complexity index is 383. The van der Waals surface area contributed by atoms with Crippen molar-refractivity contribution in [1.29, 1.82) is 0 Å². The first-order valence-corrected chi connectivity index (χ1v) is 6.30. The highest BCUT2D eigenvalue weighted by Crippen LogP contribution is 2.18. The molecule has 1 aromatic heterocycles. The molecule has 18 heavy (non-hydrogen) atoms. The van der Waals surface area contributed by atoms with Crippen LogP contribution in [0.5, 0.6) is 0 Å². The van der Waals surface area contributed by atoms with E-state index in [1.807, 2.05) is 6.07 Å². The van der Waals surface area contributed by atoms with Crippen LogP contribution in [0.2, 0.25) is 0 Å².